The van der Waals surface area contributed by atoms with Gasteiger partial charge in [-0.2, -0.15) is 0 Å². The zero-order chi connectivity index (χ0) is 21.8. The molecule has 4 rings (SSSR count). The van der Waals surface area contributed by atoms with Crippen molar-refractivity contribution in [2.75, 3.05) is 0 Å². The van der Waals surface area contributed by atoms with E-state index >= 15 is 0 Å². The van der Waals surface area contributed by atoms with Gasteiger partial charge in [0.2, 0.25) is 0 Å². The van der Waals surface area contributed by atoms with Crippen LogP contribution < -0.4 is 0 Å². The number of hydrogen-bond donors (Lipinski definition) is 1. The fraction of sp³-hybridized carbons (Fsp3) is 0.0769. The van der Waals surface area contributed by atoms with E-state index in [9.17, 15) is 19.1 Å². The Morgan fingerprint density at radius 3 is 2.19 bits per heavy atom. The molecule has 0 aromatic heterocycles. The number of halogens is 1. The first-order valence-electron chi connectivity index (χ1n) is 9.85. The van der Waals surface area contributed by atoms with Crippen LogP contribution in [0.3, 0.4) is 0 Å². The van der Waals surface area contributed by atoms with Crippen molar-refractivity contribution in [1.29, 1.82) is 0 Å². The largest absolute Gasteiger partial charge is 0.503 e. The summed E-state index contributed by atoms with van der Waals surface area (Å²) < 4.78 is 13.5. The van der Waals surface area contributed by atoms with E-state index in [4.69, 9.17) is 0 Å². The van der Waals surface area contributed by atoms with Crippen molar-refractivity contribution in [3.8, 4) is 0 Å². The second kappa shape index (κ2) is 8.79. The van der Waals surface area contributed by atoms with Crippen LogP contribution in [0.2, 0.25) is 0 Å². The second-order valence-corrected chi connectivity index (χ2v) is 7.24. The Bertz CT molecular complexity index is 1150. The van der Waals surface area contributed by atoms with Crippen LogP contribution in [0.1, 0.15) is 22.7 Å². The summed E-state index contributed by atoms with van der Waals surface area (Å²) >= 11 is 0. The molecular weight excluding hydrogens is 393 g/mol. The van der Waals surface area contributed by atoms with Gasteiger partial charge in [0.25, 0.3) is 5.91 Å². The van der Waals surface area contributed by atoms with Gasteiger partial charge in [0.1, 0.15) is 5.82 Å². The molecule has 1 aliphatic heterocycles. The maximum absolute atomic E-state index is 13.5. The van der Waals surface area contributed by atoms with Gasteiger partial charge in [-0.3, -0.25) is 9.59 Å². The Hall–Kier alpha value is -3.99. The molecule has 0 saturated carbocycles. The zero-order valence-corrected chi connectivity index (χ0v) is 16.6. The van der Waals surface area contributed by atoms with Gasteiger partial charge in [-0.1, -0.05) is 78.9 Å². The predicted octanol–water partition coefficient (Wildman–Crippen LogP) is 5.00. The summed E-state index contributed by atoms with van der Waals surface area (Å²) in [6, 6.07) is 23.3. The van der Waals surface area contributed by atoms with Gasteiger partial charge in [-0.15, -0.1) is 0 Å². The first kappa shape index (κ1) is 20.3. The molecule has 3 aromatic carbocycles. The van der Waals surface area contributed by atoms with E-state index in [0.29, 0.717) is 5.56 Å². The molecule has 0 fully saturated rings. The van der Waals surface area contributed by atoms with Gasteiger partial charge in [0.05, 0.1) is 11.6 Å². The van der Waals surface area contributed by atoms with Crippen molar-refractivity contribution in [3.05, 3.63) is 125 Å². The van der Waals surface area contributed by atoms with Gasteiger partial charge < -0.3 is 10.0 Å². The molecule has 1 unspecified atom stereocenters. The third-order valence-electron chi connectivity index (χ3n) is 5.18. The molecule has 5 heteroatoms. The van der Waals surface area contributed by atoms with Crippen LogP contribution in [0.5, 0.6) is 0 Å². The van der Waals surface area contributed by atoms with Gasteiger partial charge in [0.15, 0.2) is 11.5 Å². The van der Waals surface area contributed by atoms with Crippen molar-refractivity contribution in [3.63, 3.8) is 0 Å². The van der Waals surface area contributed by atoms with Gasteiger partial charge in [-0.25, -0.2) is 4.39 Å². The third kappa shape index (κ3) is 4.31. The van der Waals surface area contributed by atoms with Crippen molar-refractivity contribution in [1.82, 2.24) is 4.90 Å². The summed E-state index contributed by atoms with van der Waals surface area (Å²) in [4.78, 5) is 27.4. The Balaban J connectivity index is 1.72. The predicted molar refractivity (Wildman–Crippen MR) is 116 cm³/mol. The van der Waals surface area contributed by atoms with E-state index in [1.807, 2.05) is 60.7 Å². The Kier molecular flexibility index (Phi) is 5.76. The molecule has 1 atom stereocenters. The quantitative estimate of drug-likeness (QED) is 0.579. The van der Waals surface area contributed by atoms with Gasteiger partial charge >= 0.3 is 0 Å². The molecular formula is C26H20FNO3. The van der Waals surface area contributed by atoms with Crippen LogP contribution in [-0.2, 0) is 16.1 Å². The summed E-state index contributed by atoms with van der Waals surface area (Å²) in [5.41, 5.74) is 2.20. The molecule has 0 bridgehead atoms. The SMILES string of the molecule is O=C(/C=C/c1ccccc1)C1=C(O)C(=O)N(Cc2ccccc2)C1c1ccc(F)cc1. The standard InChI is InChI=1S/C26H20FNO3/c27-21-14-12-20(13-15-21)24-23(22(29)16-11-18-7-3-1-4-8-18)25(30)26(31)28(24)17-19-9-5-2-6-10-19/h1-16,24,30H,17H2/b16-11+. The van der Waals surface area contributed by atoms with Crippen LogP contribution in [-0.4, -0.2) is 21.7 Å². The molecule has 154 valence electrons. The van der Waals surface area contributed by atoms with Crippen LogP contribution in [0.4, 0.5) is 4.39 Å². The smallest absolute Gasteiger partial charge is 0.290 e. The summed E-state index contributed by atoms with van der Waals surface area (Å²) in [5.74, 6) is -2.10. The van der Waals surface area contributed by atoms with Crippen molar-refractivity contribution < 1.29 is 19.1 Å². The first-order valence-corrected chi connectivity index (χ1v) is 9.85. The number of rotatable bonds is 6. The molecule has 0 radical (unpaired) electrons. The molecule has 31 heavy (non-hydrogen) atoms. The Morgan fingerprint density at radius 2 is 1.55 bits per heavy atom. The third-order valence-corrected chi connectivity index (χ3v) is 5.18. The van der Waals surface area contributed by atoms with Crippen molar-refractivity contribution >= 4 is 17.8 Å². The maximum Gasteiger partial charge on any atom is 0.290 e. The van der Waals surface area contributed by atoms with Crippen LogP contribution in [0, 0.1) is 5.82 Å². The van der Waals surface area contributed by atoms with Gasteiger partial charge in [-0.05, 0) is 34.9 Å². The van der Waals surface area contributed by atoms with Gasteiger partial charge in [0, 0.05) is 6.54 Å². The number of ketones is 1. The average Bonchev–Trinajstić information content (AvgIpc) is 3.04. The highest BCUT2D eigenvalue weighted by atomic mass is 19.1. The van der Waals surface area contributed by atoms with E-state index in [2.05, 4.69) is 0 Å². The number of carbonyl (C=O) groups is 2. The summed E-state index contributed by atoms with van der Waals surface area (Å²) in [5, 5.41) is 10.6. The molecule has 1 aliphatic rings. The maximum atomic E-state index is 13.5. The number of nitrogens with zero attached hydrogens (tertiary/aromatic N) is 1. The highest BCUT2D eigenvalue weighted by molar-refractivity contribution is 6.14. The Labute approximate surface area is 179 Å². The van der Waals surface area contributed by atoms with Crippen molar-refractivity contribution in [2.24, 2.45) is 0 Å². The number of hydrogen-bond acceptors (Lipinski definition) is 3. The number of aliphatic hydroxyl groups is 1. The summed E-state index contributed by atoms with van der Waals surface area (Å²) in [6.07, 6.45) is 2.98. The minimum absolute atomic E-state index is 0.0141. The van der Waals surface area contributed by atoms with E-state index in [1.54, 1.807) is 6.08 Å². The molecule has 4 nitrogen and oxygen atoms in total. The second-order valence-electron chi connectivity index (χ2n) is 7.24. The van der Waals surface area contributed by atoms with Crippen LogP contribution in [0.15, 0.2) is 102 Å². The molecule has 1 amide bonds. The van der Waals surface area contributed by atoms with Crippen LogP contribution >= 0.6 is 0 Å². The molecule has 0 spiro atoms. The molecule has 1 N–H and O–H groups in total. The lowest BCUT2D eigenvalue weighted by molar-refractivity contribution is -0.130. The minimum Gasteiger partial charge on any atom is -0.503 e. The fourth-order valence-corrected chi connectivity index (χ4v) is 3.67. The molecule has 0 saturated heterocycles. The Morgan fingerprint density at radius 1 is 0.935 bits per heavy atom. The summed E-state index contributed by atoms with van der Waals surface area (Å²) in [6.45, 7) is 0.199. The number of carbonyl (C=O) groups excluding carboxylic acids is 2. The fourth-order valence-electron chi connectivity index (χ4n) is 3.67. The highest BCUT2D eigenvalue weighted by Gasteiger charge is 2.42. The van der Waals surface area contributed by atoms with Crippen LogP contribution in [0.25, 0.3) is 6.08 Å². The number of amides is 1. The summed E-state index contributed by atoms with van der Waals surface area (Å²) in [7, 11) is 0. The number of aliphatic hydroxyl groups excluding tert-OH is 1. The zero-order valence-electron chi connectivity index (χ0n) is 16.6. The highest BCUT2D eigenvalue weighted by Crippen LogP contribution is 2.39. The van der Waals surface area contributed by atoms with E-state index < -0.39 is 29.3 Å². The average molecular weight is 413 g/mol. The normalized spacial score (nSPS) is 16.4. The lowest BCUT2D eigenvalue weighted by Crippen LogP contribution is -2.30. The first-order chi connectivity index (χ1) is 15.0. The molecule has 0 aliphatic carbocycles. The lowest BCUT2D eigenvalue weighted by atomic mass is 9.95. The molecule has 3 aromatic rings. The van der Waals surface area contributed by atoms with Crippen molar-refractivity contribution in [2.45, 2.75) is 12.6 Å². The monoisotopic (exact) mass is 413 g/mol. The van der Waals surface area contributed by atoms with E-state index in [-0.39, 0.29) is 12.1 Å². The topological polar surface area (TPSA) is 57.6 Å². The number of benzene rings is 3. The lowest BCUT2D eigenvalue weighted by Gasteiger charge is -2.26. The van der Waals surface area contributed by atoms with E-state index in [0.717, 1.165) is 11.1 Å². The minimum atomic E-state index is -0.818. The van der Waals surface area contributed by atoms with E-state index in [1.165, 1.54) is 35.2 Å². The number of allylic oxidation sites excluding steroid dienone is 1. The molecule has 1 heterocycles.